The molecule has 1 amide bonds. The highest BCUT2D eigenvalue weighted by Gasteiger charge is 2.31. The van der Waals surface area contributed by atoms with Gasteiger partial charge in [-0.25, -0.2) is 4.68 Å². The number of carbonyl (C=O) groups excluding carboxylic acids is 1. The average Bonchev–Trinajstić information content (AvgIpc) is 3.29. The second-order valence-electron chi connectivity index (χ2n) is 7.61. The number of benzene rings is 2. The number of aromatic nitrogens is 2. The van der Waals surface area contributed by atoms with Gasteiger partial charge < -0.3 is 5.32 Å². The summed E-state index contributed by atoms with van der Waals surface area (Å²) in [5.74, 6) is 0.127. The van der Waals surface area contributed by atoms with Crippen molar-refractivity contribution in [3.05, 3.63) is 76.3 Å². The third kappa shape index (κ3) is 4.20. The molecule has 31 heavy (non-hydrogen) atoms. The number of nitrogens with one attached hydrogen (secondary N) is 1. The Hall–Kier alpha value is -3.13. The lowest BCUT2D eigenvalue weighted by atomic mass is 10.0. The number of rotatable bonds is 4. The van der Waals surface area contributed by atoms with Gasteiger partial charge in [-0.15, -0.1) is 11.3 Å². The Morgan fingerprint density at radius 3 is 2.45 bits per heavy atom. The molecule has 8 heteroatoms. The quantitative estimate of drug-likeness (QED) is 0.377. The Morgan fingerprint density at radius 2 is 1.81 bits per heavy atom. The Kier molecular flexibility index (Phi) is 5.35. The van der Waals surface area contributed by atoms with Crippen molar-refractivity contribution in [3.63, 3.8) is 0 Å². The first-order valence-corrected chi connectivity index (χ1v) is 10.5. The van der Waals surface area contributed by atoms with E-state index in [1.165, 1.54) is 27.6 Å². The maximum atomic E-state index is 13.1. The van der Waals surface area contributed by atoms with E-state index in [1.807, 2.05) is 24.3 Å². The van der Waals surface area contributed by atoms with Gasteiger partial charge in [-0.05, 0) is 54.8 Å². The normalized spacial score (nSPS) is 12.0. The standard InChI is InChI=1S/C23H20F3N3OS/c1-13(2)15-7-9-17(10-8-15)27-21(30)20-12-19-14(3)28-29(22(19)31-20)18-6-4-5-16(11-18)23(24,25)26/h4-13H,1-3H3,(H,27,30). The monoisotopic (exact) mass is 443 g/mol. The second-order valence-corrected chi connectivity index (χ2v) is 8.64. The molecule has 0 aliphatic heterocycles. The fraction of sp³-hybridized carbons (Fsp3) is 0.217. The predicted molar refractivity (Wildman–Crippen MR) is 117 cm³/mol. The molecule has 0 bridgehead atoms. The van der Waals surface area contributed by atoms with Crippen LogP contribution in [0.4, 0.5) is 18.9 Å². The number of carbonyl (C=O) groups is 1. The first-order chi connectivity index (χ1) is 14.6. The van der Waals surface area contributed by atoms with Crippen LogP contribution in [0.3, 0.4) is 0 Å². The van der Waals surface area contributed by atoms with E-state index in [9.17, 15) is 18.0 Å². The van der Waals surface area contributed by atoms with Crippen molar-refractivity contribution in [1.82, 2.24) is 9.78 Å². The minimum absolute atomic E-state index is 0.270. The largest absolute Gasteiger partial charge is 0.416 e. The molecule has 0 fully saturated rings. The first kappa shape index (κ1) is 21.1. The molecule has 0 unspecified atom stereocenters. The third-order valence-electron chi connectivity index (χ3n) is 5.02. The Morgan fingerprint density at radius 1 is 1.10 bits per heavy atom. The van der Waals surface area contributed by atoms with Crippen molar-refractivity contribution >= 4 is 33.1 Å². The van der Waals surface area contributed by atoms with Crippen LogP contribution in [0.5, 0.6) is 0 Å². The van der Waals surface area contributed by atoms with Crippen LogP contribution in [0.25, 0.3) is 15.9 Å². The van der Waals surface area contributed by atoms with Crippen molar-refractivity contribution in [2.75, 3.05) is 5.32 Å². The smallest absolute Gasteiger partial charge is 0.321 e. The lowest BCUT2D eigenvalue weighted by Gasteiger charge is -2.09. The van der Waals surface area contributed by atoms with Gasteiger partial charge in [0.2, 0.25) is 0 Å². The molecule has 4 nitrogen and oxygen atoms in total. The van der Waals surface area contributed by atoms with Gasteiger partial charge >= 0.3 is 6.18 Å². The number of hydrogen-bond donors (Lipinski definition) is 1. The van der Waals surface area contributed by atoms with E-state index in [-0.39, 0.29) is 5.91 Å². The van der Waals surface area contributed by atoms with E-state index in [2.05, 4.69) is 24.3 Å². The zero-order valence-electron chi connectivity index (χ0n) is 17.1. The van der Waals surface area contributed by atoms with Crippen molar-refractivity contribution in [2.45, 2.75) is 32.9 Å². The van der Waals surface area contributed by atoms with Crippen LogP contribution in [0, 0.1) is 6.92 Å². The molecule has 160 valence electrons. The highest BCUT2D eigenvalue weighted by Crippen LogP contribution is 2.34. The van der Waals surface area contributed by atoms with E-state index >= 15 is 0 Å². The SMILES string of the molecule is Cc1nn(-c2cccc(C(F)(F)F)c2)c2sc(C(=O)Nc3ccc(C(C)C)cc3)cc12. The summed E-state index contributed by atoms with van der Waals surface area (Å²) >= 11 is 1.20. The van der Waals surface area contributed by atoms with Crippen molar-refractivity contribution in [1.29, 1.82) is 0 Å². The molecular weight excluding hydrogens is 423 g/mol. The summed E-state index contributed by atoms with van der Waals surface area (Å²) in [6.07, 6.45) is -4.44. The number of anilines is 1. The first-order valence-electron chi connectivity index (χ1n) is 9.71. The number of alkyl halides is 3. The van der Waals surface area contributed by atoms with Gasteiger partial charge in [-0.3, -0.25) is 4.79 Å². The summed E-state index contributed by atoms with van der Waals surface area (Å²) in [5, 5.41) is 8.00. The minimum Gasteiger partial charge on any atom is -0.321 e. The number of amides is 1. The zero-order valence-corrected chi connectivity index (χ0v) is 17.9. The molecule has 0 saturated carbocycles. The van der Waals surface area contributed by atoms with Crippen molar-refractivity contribution in [3.8, 4) is 5.69 Å². The van der Waals surface area contributed by atoms with Gasteiger partial charge in [-0.1, -0.05) is 32.0 Å². The Bertz CT molecular complexity index is 1250. The molecule has 0 radical (unpaired) electrons. The third-order valence-corrected chi connectivity index (χ3v) is 6.13. The van der Waals surface area contributed by atoms with Gasteiger partial charge in [0.1, 0.15) is 4.83 Å². The predicted octanol–water partition coefficient (Wildman–Crippen LogP) is 6.79. The summed E-state index contributed by atoms with van der Waals surface area (Å²) in [6.45, 7) is 5.97. The zero-order chi connectivity index (χ0) is 22.3. The van der Waals surface area contributed by atoms with Crippen LogP contribution < -0.4 is 5.32 Å². The molecule has 0 aliphatic carbocycles. The summed E-state index contributed by atoms with van der Waals surface area (Å²) in [6, 6.07) is 14.4. The van der Waals surface area contributed by atoms with Crippen LogP contribution in [0.2, 0.25) is 0 Å². The van der Waals surface area contributed by atoms with Gasteiger partial charge in [-0.2, -0.15) is 18.3 Å². The van der Waals surface area contributed by atoms with E-state index in [4.69, 9.17) is 0 Å². The molecule has 2 aromatic heterocycles. The topological polar surface area (TPSA) is 46.9 Å². The van der Waals surface area contributed by atoms with Crippen LogP contribution >= 0.6 is 11.3 Å². The molecular formula is C23H20F3N3OS. The van der Waals surface area contributed by atoms with Crippen LogP contribution in [0.15, 0.2) is 54.6 Å². The van der Waals surface area contributed by atoms with Crippen LogP contribution in [-0.4, -0.2) is 15.7 Å². The number of fused-ring (bicyclic) bond motifs is 1. The molecule has 2 aromatic carbocycles. The maximum Gasteiger partial charge on any atom is 0.416 e. The maximum absolute atomic E-state index is 13.1. The molecule has 4 rings (SSSR count). The lowest BCUT2D eigenvalue weighted by molar-refractivity contribution is -0.137. The number of nitrogens with zero attached hydrogens (tertiary/aromatic N) is 2. The molecule has 0 atom stereocenters. The van der Waals surface area contributed by atoms with Crippen LogP contribution in [0.1, 0.15) is 46.3 Å². The van der Waals surface area contributed by atoms with Crippen LogP contribution in [-0.2, 0) is 6.18 Å². The molecule has 0 spiro atoms. The summed E-state index contributed by atoms with van der Waals surface area (Å²) in [7, 11) is 0. The van der Waals surface area contributed by atoms with Gasteiger partial charge in [0.25, 0.3) is 5.91 Å². The second kappa shape index (κ2) is 7.85. The molecule has 1 N–H and O–H groups in total. The van der Waals surface area contributed by atoms with Crippen molar-refractivity contribution < 1.29 is 18.0 Å². The number of aryl methyl sites for hydroxylation is 1. The fourth-order valence-corrected chi connectivity index (χ4v) is 4.37. The number of hydrogen-bond acceptors (Lipinski definition) is 3. The van der Waals surface area contributed by atoms with E-state index in [1.54, 1.807) is 19.1 Å². The molecule has 2 heterocycles. The highest BCUT2D eigenvalue weighted by molar-refractivity contribution is 7.20. The fourth-order valence-electron chi connectivity index (χ4n) is 3.29. The number of thiophene rings is 1. The summed E-state index contributed by atoms with van der Waals surface area (Å²) < 4.78 is 40.8. The number of halogens is 3. The Balaban J connectivity index is 1.65. The van der Waals surface area contributed by atoms with Gasteiger partial charge in [0.05, 0.1) is 21.8 Å². The van der Waals surface area contributed by atoms with Gasteiger partial charge in [0, 0.05) is 11.1 Å². The van der Waals surface area contributed by atoms with E-state index in [0.29, 0.717) is 32.7 Å². The van der Waals surface area contributed by atoms with E-state index in [0.717, 1.165) is 17.5 Å². The Labute approximate surface area is 181 Å². The van der Waals surface area contributed by atoms with Crippen molar-refractivity contribution in [2.24, 2.45) is 0 Å². The molecule has 0 saturated heterocycles. The van der Waals surface area contributed by atoms with Gasteiger partial charge in [0.15, 0.2) is 0 Å². The average molecular weight is 443 g/mol. The summed E-state index contributed by atoms with van der Waals surface area (Å²) in [4.78, 5) is 13.9. The van der Waals surface area contributed by atoms with E-state index < -0.39 is 11.7 Å². The minimum atomic E-state index is -4.44. The molecule has 4 aromatic rings. The lowest BCUT2D eigenvalue weighted by Crippen LogP contribution is -2.10. The molecule has 0 aliphatic rings. The summed E-state index contributed by atoms with van der Waals surface area (Å²) in [5.41, 5.74) is 2.06. The highest BCUT2D eigenvalue weighted by atomic mass is 32.1.